The highest BCUT2D eigenvalue weighted by Crippen LogP contribution is 2.18. The number of aryl methyl sites for hydroxylation is 3. The maximum atomic E-state index is 4.37. The van der Waals surface area contributed by atoms with Crippen LogP contribution in [0.5, 0.6) is 0 Å². The van der Waals surface area contributed by atoms with Gasteiger partial charge in [-0.05, 0) is 37.5 Å². The van der Waals surface area contributed by atoms with Gasteiger partial charge in [-0.3, -0.25) is 0 Å². The minimum absolute atomic E-state index is 0.478. The lowest BCUT2D eigenvalue weighted by Crippen LogP contribution is -2.20. The molecule has 1 aromatic heterocycles. The van der Waals surface area contributed by atoms with Crippen LogP contribution in [0.1, 0.15) is 40.1 Å². The van der Waals surface area contributed by atoms with E-state index >= 15 is 0 Å². The van der Waals surface area contributed by atoms with E-state index in [4.69, 9.17) is 0 Å². The number of thiazole rings is 1. The molecule has 0 amide bonds. The van der Waals surface area contributed by atoms with E-state index in [1.807, 2.05) is 11.6 Å². The first-order chi connectivity index (χ1) is 9.08. The van der Waals surface area contributed by atoms with Crippen LogP contribution in [0.15, 0.2) is 23.7 Å². The first-order valence-corrected chi connectivity index (χ1v) is 7.62. The van der Waals surface area contributed by atoms with Gasteiger partial charge in [0.25, 0.3) is 0 Å². The van der Waals surface area contributed by atoms with E-state index in [9.17, 15) is 0 Å². The van der Waals surface area contributed by atoms with Crippen molar-refractivity contribution < 1.29 is 0 Å². The zero-order chi connectivity index (χ0) is 13.8. The van der Waals surface area contributed by atoms with Crippen molar-refractivity contribution in [1.82, 2.24) is 10.3 Å². The molecule has 2 rings (SSSR count). The fourth-order valence-corrected chi connectivity index (χ4v) is 3.17. The molecule has 0 aliphatic heterocycles. The van der Waals surface area contributed by atoms with Crippen molar-refractivity contribution in [1.29, 1.82) is 0 Å². The Morgan fingerprint density at radius 2 is 1.89 bits per heavy atom. The minimum atomic E-state index is 0.478. The van der Waals surface area contributed by atoms with Crippen molar-refractivity contribution in [3.05, 3.63) is 51.0 Å². The Morgan fingerprint density at radius 1 is 1.21 bits per heavy atom. The molecule has 2 aromatic rings. The molecule has 1 unspecified atom stereocenters. The zero-order valence-corrected chi connectivity index (χ0v) is 13.0. The Bertz CT molecular complexity index is 509. The van der Waals surface area contributed by atoms with Gasteiger partial charge >= 0.3 is 0 Å². The van der Waals surface area contributed by atoms with Crippen LogP contribution in [0.25, 0.3) is 0 Å². The molecular weight excluding hydrogens is 252 g/mol. The molecule has 3 heteroatoms. The highest BCUT2D eigenvalue weighted by Gasteiger charge is 2.08. The summed E-state index contributed by atoms with van der Waals surface area (Å²) in [7, 11) is 0. The standard InChI is InChI=1S/C16H22N2S/c1-11-7-12(2)15(13(3)8-11)10-17-9-14(4)16-18-5-6-19-16/h5-8,14,17H,9-10H2,1-4H3. The molecule has 19 heavy (non-hydrogen) atoms. The van der Waals surface area contributed by atoms with Crippen molar-refractivity contribution >= 4 is 11.3 Å². The van der Waals surface area contributed by atoms with Crippen LogP contribution in [0.3, 0.4) is 0 Å². The summed E-state index contributed by atoms with van der Waals surface area (Å²) in [5, 5.41) is 6.81. The van der Waals surface area contributed by atoms with Crippen LogP contribution in [0.2, 0.25) is 0 Å². The summed E-state index contributed by atoms with van der Waals surface area (Å²) >= 11 is 1.73. The summed E-state index contributed by atoms with van der Waals surface area (Å²) in [6.07, 6.45) is 1.88. The number of nitrogens with zero attached hydrogens (tertiary/aromatic N) is 1. The minimum Gasteiger partial charge on any atom is -0.312 e. The fraction of sp³-hybridized carbons (Fsp3) is 0.438. The van der Waals surface area contributed by atoms with Gasteiger partial charge in [-0.1, -0.05) is 24.6 Å². The predicted octanol–water partition coefficient (Wildman–Crippen LogP) is 3.96. The maximum Gasteiger partial charge on any atom is 0.0965 e. The largest absolute Gasteiger partial charge is 0.312 e. The lowest BCUT2D eigenvalue weighted by atomic mass is 10.00. The molecule has 1 aromatic carbocycles. The smallest absolute Gasteiger partial charge is 0.0965 e. The lowest BCUT2D eigenvalue weighted by molar-refractivity contribution is 0.610. The van der Waals surface area contributed by atoms with E-state index in [0.29, 0.717) is 5.92 Å². The molecule has 1 atom stereocenters. The lowest BCUT2D eigenvalue weighted by Gasteiger charge is -2.14. The molecule has 0 saturated carbocycles. The Hall–Kier alpha value is -1.19. The molecule has 0 fully saturated rings. The second-order valence-corrected chi connectivity index (χ2v) is 6.21. The highest BCUT2D eigenvalue weighted by atomic mass is 32.1. The average molecular weight is 274 g/mol. The molecule has 0 bridgehead atoms. The number of rotatable bonds is 5. The Balaban J connectivity index is 1.93. The van der Waals surface area contributed by atoms with Crippen LogP contribution in [0, 0.1) is 20.8 Å². The van der Waals surface area contributed by atoms with Gasteiger partial charge in [-0.2, -0.15) is 0 Å². The van der Waals surface area contributed by atoms with Crippen LogP contribution in [0.4, 0.5) is 0 Å². The Morgan fingerprint density at radius 3 is 2.47 bits per heavy atom. The third-order valence-electron chi connectivity index (χ3n) is 3.47. The van der Waals surface area contributed by atoms with Gasteiger partial charge in [-0.15, -0.1) is 11.3 Å². The first kappa shape index (κ1) is 14.2. The van der Waals surface area contributed by atoms with Crippen LogP contribution < -0.4 is 5.32 Å². The number of aromatic nitrogens is 1. The summed E-state index contributed by atoms with van der Waals surface area (Å²) < 4.78 is 0. The van der Waals surface area contributed by atoms with E-state index in [-0.39, 0.29) is 0 Å². The van der Waals surface area contributed by atoms with E-state index < -0.39 is 0 Å². The SMILES string of the molecule is Cc1cc(C)c(CNCC(C)c2nccs2)c(C)c1. The molecule has 0 spiro atoms. The molecule has 1 N–H and O–H groups in total. The van der Waals surface area contributed by atoms with E-state index in [1.165, 1.54) is 27.3 Å². The van der Waals surface area contributed by atoms with Crippen molar-refractivity contribution in [2.24, 2.45) is 0 Å². The van der Waals surface area contributed by atoms with Crippen molar-refractivity contribution in [3.8, 4) is 0 Å². The van der Waals surface area contributed by atoms with Crippen LogP contribution in [-0.4, -0.2) is 11.5 Å². The van der Waals surface area contributed by atoms with Gasteiger partial charge in [-0.25, -0.2) is 4.98 Å². The topological polar surface area (TPSA) is 24.9 Å². The Kier molecular flexibility index (Phi) is 4.72. The number of nitrogens with one attached hydrogen (secondary N) is 1. The fourth-order valence-electron chi connectivity index (χ4n) is 2.47. The van der Waals surface area contributed by atoms with Crippen molar-refractivity contribution in [2.45, 2.75) is 40.2 Å². The average Bonchev–Trinajstić information content (AvgIpc) is 2.85. The van der Waals surface area contributed by atoms with Crippen LogP contribution >= 0.6 is 11.3 Å². The van der Waals surface area contributed by atoms with Crippen molar-refractivity contribution in [2.75, 3.05) is 6.54 Å². The molecule has 1 heterocycles. The summed E-state index contributed by atoms with van der Waals surface area (Å²) in [6.45, 7) is 10.7. The normalized spacial score (nSPS) is 12.6. The molecule has 2 nitrogen and oxygen atoms in total. The van der Waals surface area contributed by atoms with Gasteiger partial charge in [0.2, 0.25) is 0 Å². The van der Waals surface area contributed by atoms with Crippen molar-refractivity contribution in [3.63, 3.8) is 0 Å². The Labute approximate surface area is 119 Å². The third-order valence-corrected chi connectivity index (χ3v) is 4.47. The number of hydrogen-bond donors (Lipinski definition) is 1. The van der Waals surface area contributed by atoms with Gasteiger partial charge < -0.3 is 5.32 Å². The molecule has 0 saturated heterocycles. The zero-order valence-electron chi connectivity index (χ0n) is 12.2. The summed E-state index contributed by atoms with van der Waals surface area (Å²) in [5.74, 6) is 0.478. The van der Waals surface area contributed by atoms with Gasteiger partial charge in [0.05, 0.1) is 5.01 Å². The maximum absolute atomic E-state index is 4.37. The molecular formula is C16H22N2S. The van der Waals surface area contributed by atoms with E-state index in [1.54, 1.807) is 11.3 Å². The number of hydrogen-bond acceptors (Lipinski definition) is 3. The molecule has 0 aliphatic carbocycles. The quantitative estimate of drug-likeness (QED) is 0.892. The second-order valence-electron chi connectivity index (χ2n) is 5.28. The second kappa shape index (κ2) is 6.31. The predicted molar refractivity (Wildman–Crippen MR) is 82.9 cm³/mol. The van der Waals surface area contributed by atoms with E-state index in [2.05, 4.69) is 50.1 Å². The van der Waals surface area contributed by atoms with Crippen LogP contribution in [-0.2, 0) is 6.54 Å². The number of benzene rings is 1. The van der Waals surface area contributed by atoms with E-state index in [0.717, 1.165) is 13.1 Å². The molecule has 0 aliphatic rings. The molecule has 102 valence electrons. The van der Waals surface area contributed by atoms with Gasteiger partial charge in [0.15, 0.2) is 0 Å². The van der Waals surface area contributed by atoms with Gasteiger partial charge in [0.1, 0.15) is 0 Å². The highest BCUT2D eigenvalue weighted by molar-refractivity contribution is 7.09. The molecule has 0 radical (unpaired) electrons. The summed E-state index contributed by atoms with van der Waals surface area (Å²) in [6, 6.07) is 4.52. The monoisotopic (exact) mass is 274 g/mol. The third kappa shape index (κ3) is 3.64. The summed E-state index contributed by atoms with van der Waals surface area (Å²) in [5.41, 5.74) is 5.53. The first-order valence-electron chi connectivity index (χ1n) is 6.74. The van der Waals surface area contributed by atoms with Gasteiger partial charge in [0, 0.05) is 30.6 Å². The summed E-state index contributed by atoms with van der Waals surface area (Å²) in [4.78, 5) is 4.37.